The maximum absolute atomic E-state index is 11.2. The molecule has 1 atom stereocenters. The molecular formula is C9H17N3O2. The van der Waals surface area contributed by atoms with E-state index in [1.807, 2.05) is 7.05 Å². The smallest absolute Gasteiger partial charge is 0.221 e. The van der Waals surface area contributed by atoms with Crippen LogP contribution in [0.1, 0.15) is 19.3 Å². The highest BCUT2D eigenvalue weighted by molar-refractivity contribution is 5.79. The highest BCUT2D eigenvalue weighted by Crippen LogP contribution is 2.04. The molecule has 1 rings (SSSR count). The minimum absolute atomic E-state index is 0.0282. The van der Waals surface area contributed by atoms with Gasteiger partial charge in [-0.2, -0.15) is 0 Å². The van der Waals surface area contributed by atoms with E-state index in [4.69, 9.17) is 0 Å². The predicted molar refractivity (Wildman–Crippen MR) is 52.7 cm³/mol. The normalized spacial score (nSPS) is 20.6. The van der Waals surface area contributed by atoms with Crippen LogP contribution < -0.4 is 16.0 Å². The minimum atomic E-state index is 0.0282. The molecule has 80 valence electrons. The molecule has 1 saturated heterocycles. The molecule has 0 bridgehead atoms. The summed E-state index contributed by atoms with van der Waals surface area (Å²) in [7, 11) is 1.81. The van der Waals surface area contributed by atoms with E-state index in [9.17, 15) is 9.59 Å². The lowest BCUT2D eigenvalue weighted by molar-refractivity contribution is -0.122. The summed E-state index contributed by atoms with van der Waals surface area (Å²) >= 11 is 0. The molecule has 0 saturated carbocycles. The summed E-state index contributed by atoms with van der Waals surface area (Å²) in [6.45, 7) is 1.23. The van der Waals surface area contributed by atoms with E-state index in [1.54, 1.807) is 0 Å². The van der Waals surface area contributed by atoms with E-state index in [1.165, 1.54) is 0 Å². The van der Waals surface area contributed by atoms with Gasteiger partial charge in [0.1, 0.15) is 0 Å². The number of hydrogen-bond donors (Lipinski definition) is 3. The topological polar surface area (TPSA) is 70.2 Å². The molecule has 1 fully saturated rings. The van der Waals surface area contributed by atoms with Crippen LogP contribution in [0.2, 0.25) is 0 Å². The number of carbonyl (C=O) groups is 2. The fourth-order valence-corrected chi connectivity index (χ4v) is 1.39. The first-order valence-electron chi connectivity index (χ1n) is 4.93. The first-order chi connectivity index (χ1) is 6.72. The van der Waals surface area contributed by atoms with E-state index in [-0.39, 0.29) is 17.9 Å². The van der Waals surface area contributed by atoms with E-state index >= 15 is 0 Å². The molecule has 1 heterocycles. The predicted octanol–water partition coefficient (Wildman–Crippen LogP) is -1.01. The van der Waals surface area contributed by atoms with E-state index in [0.29, 0.717) is 25.9 Å². The van der Waals surface area contributed by atoms with Crippen molar-refractivity contribution in [2.45, 2.75) is 25.3 Å². The highest BCUT2D eigenvalue weighted by atomic mass is 16.2. The van der Waals surface area contributed by atoms with Gasteiger partial charge in [0.15, 0.2) is 0 Å². The maximum Gasteiger partial charge on any atom is 0.221 e. The molecule has 0 aliphatic carbocycles. The monoisotopic (exact) mass is 199 g/mol. The summed E-state index contributed by atoms with van der Waals surface area (Å²) in [5.74, 6) is 0.111. The molecule has 0 spiro atoms. The van der Waals surface area contributed by atoms with Crippen LogP contribution in [0.15, 0.2) is 0 Å². The zero-order valence-electron chi connectivity index (χ0n) is 8.43. The van der Waals surface area contributed by atoms with Gasteiger partial charge in [-0.15, -0.1) is 0 Å². The van der Waals surface area contributed by atoms with Crippen molar-refractivity contribution in [2.24, 2.45) is 0 Å². The zero-order valence-corrected chi connectivity index (χ0v) is 8.43. The van der Waals surface area contributed by atoms with Gasteiger partial charge >= 0.3 is 0 Å². The Morgan fingerprint density at radius 1 is 1.64 bits per heavy atom. The van der Waals surface area contributed by atoms with Crippen LogP contribution in [0.3, 0.4) is 0 Å². The van der Waals surface area contributed by atoms with Crippen LogP contribution in [0.5, 0.6) is 0 Å². The fourth-order valence-electron chi connectivity index (χ4n) is 1.39. The first-order valence-corrected chi connectivity index (χ1v) is 4.93. The molecule has 1 aliphatic rings. The lowest BCUT2D eigenvalue weighted by Crippen LogP contribution is -2.39. The molecule has 0 radical (unpaired) electrons. The second kappa shape index (κ2) is 5.59. The van der Waals surface area contributed by atoms with Crippen molar-refractivity contribution in [1.82, 2.24) is 16.0 Å². The Balaban J connectivity index is 2.08. The van der Waals surface area contributed by atoms with Gasteiger partial charge in [0.25, 0.3) is 0 Å². The molecule has 0 aromatic heterocycles. The van der Waals surface area contributed by atoms with Gasteiger partial charge in [0.2, 0.25) is 11.8 Å². The van der Waals surface area contributed by atoms with Crippen LogP contribution >= 0.6 is 0 Å². The molecule has 1 aliphatic heterocycles. The van der Waals surface area contributed by atoms with Crippen LogP contribution in [-0.4, -0.2) is 38.0 Å². The Kier molecular flexibility index (Phi) is 4.39. The molecule has 5 heteroatoms. The van der Waals surface area contributed by atoms with Gasteiger partial charge in [0, 0.05) is 32.0 Å². The van der Waals surface area contributed by atoms with Gasteiger partial charge in [-0.3, -0.25) is 9.59 Å². The average Bonchev–Trinajstić information content (AvgIpc) is 2.58. The van der Waals surface area contributed by atoms with Crippen LogP contribution in [0.4, 0.5) is 0 Å². The Hall–Kier alpha value is -1.10. The van der Waals surface area contributed by atoms with Gasteiger partial charge in [0.05, 0.1) is 0 Å². The zero-order chi connectivity index (χ0) is 10.4. The van der Waals surface area contributed by atoms with E-state index < -0.39 is 0 Å². The van der Waals surface area contributed by atoms with Crippen molar-refractivity contribution in [2.75, 3.05) is 20.1 Å². The highest BCUT2D eigenvalue weighted by Gasteiger charge is 2.20. The summed E-state index contributed by atoms with van der Waals surface area (Å²) in [4.78, 5) is 22.0. The molecular weight excluding hydrogens is 182 g/mol. The van der Waals surface area contributed by atoms with Crippen LogP contribution in [0.25, 0.3) is 0 Å². The maximum atomic E-state index is 11.2. The van der Waals surface area contributed by atoms with Crippen molar-refractivity contribution in [1.29, 1.82) is 0 Å². The van der Waals surface area contributed by atoms with Gasteiger partial charge in [-0.05, 0) is 13.5 Å². The van der Waals surface area contributed by atoms with Crippen molar-refractivity contribution in [3.8, 4) is 0 Å². The average molecular weight is 199 g/mol. The lowest BCUT2D eigenvalue weighted by atomic mass is 10.2. The third-order valence-corrected chi connectivity index (χ3v) is 2.23. The number of rotatable bonds is 5. The fraction of sp³-hybridized carbons (Fsp3) is 0.778. The number of carbonyl (C=O) groups excluding carboxylic acids is 2. The lowest BCUT2D eigenvalue weighted by Gasteiger charge is -2.10. The third kappa shape index (κ3) is 3.74. The number of hydrogen-bond acceptors (Lipinski definition) is 3. The summed E-state index contributed by atoms with van der Waals surface area (Å²) in [6.07, 6.45) is 1.89. The Morgan fingerprint density at radius 3 is 3.00 bits per heavy atom. The second-order valence-corrected chi connectivity index (χ2v) is 3.46. The largest absolute Gasteiger partial charge is 0.354 e. The van der Waals surface area contributed by atoms with Crippen molar-refractivity contribution in [3.63, 3.8) is 0 Å². The van der Waals surface area contributed by atoms with E-state index in [2.05, 4.69) is 16.0 Å². The molecule has 3 N–H and O–H groups in total. The van der Waals surface area contributed by atoms with Gasteiger partial charge < -0.3 is 16.0 Å². The molecule has 1 unspecified atom stereocenters. The van der Waals surface area contributed by atoms with Crippen LogP contribution in [0, 0.1) is 0 Å². The van der Waals surface area contributed by atoms with Gasteiger partial charge in [-0.1, -0.05) is 0 Å². The molecule has 0 aromatic rings. The summed E-state index contributed by atoms with van der Waals surface area (Å²) in [5.41, 5.74) is 0. The summed E-state index contributed by atoms with van der Waals surface area (Å²) in [5, 5.41) is 8.49. The van der Waals surface area contributed by atoms with E-state index in [0.717, 1.165) is 6.42 Å². The van der Waals surface area contributed by atoms with Gasteiger partial charge in [-0.25, -0.2) is 0 Å². The summed E-state index contributed by atoms with van der Waals surface area (Å²) < 4.78 is 0. The third-order valence-electron chi connectivity index (χ3n) is 2.23. The second-order valence-electron chi connectivity index (χ2n) is 3.46. The van der Waals surface area contributed by atoms with Crippen molar-refractivity contribution < 1.29 is 9.59 Å². The molecule has 5 nitrogen and oxygen atoms in total. The Bertz CT molecular complexity index is 218. The van der Waals surface area contributed by atoms with Crippen molar-refractivity contribution in [3.05, 3.63) is 0 Å². The standard InChI is InChI=1S/C9H17N3O2/c1-10-5-4-8(13)11-6-7-2-3-9(14)12-7/h7,10H,2-6H2,1H3,(H,11,13)(H,12,14). The quantitative estimate of drug-likeness (QED) is 0.531. The summed E-state index contributed by atoms with van der Waals surface area (Å²) in [6, 6.07) is 0.126. The SMILES string of the molecule is CNCCC(=O)NCC1CCC(=O)N1. The molecule has 14 heavy (non-hydrogen) atoms. The minimum Gasteiger partial charge on any atom is -0.354 e. The Labute approximate surface area is 83.6 Å². The molecule has 0 aromatic carbocycles. The number of nitrogens with one attached hydrogen (secondary N) is 3. The van der Waals surface area contributed by atoms with Crippen molar-refractivity contribution >= 4 is 11.8 Å². The first kappa shape index (κ1) is 11.0. The van der Waals surface area contributed by atoms with Crippen LogP contribution in [-0.2, 0) is 9.59 Å². The Morgan fingerprint density at radius 2 is 2.43 bits per heavy atom. The number of amides is 2. The molecule has 2 amide bonds.